The van der Waals surface area contributed by atoms with Crippen molar-refractivity contribution < 1.29 is 5.11 Å². The first-order chi connectivity index (χ1) is 6.35. The lowest BCUT2D eigenvalue weighted by molar-refractivity contribution is -0.0141. The summed E-state index contributed by atoms with van der Waals surface area (Å²) >= 11 is 1.69. The summed E-state index contributed by atoms with van der Waals surface area (Å²) in [5.41, 5.74) is -0.687. The van der Waals surface area contributed by atoms with E-state index in [2.05, 4.69) is 33.8 Å². The fraction of sp³-hybridized carbons (Fsp3) is 0.667. The Morgan fingerprint density at radius 3 is 2.21 bits per heavy atom. The molecule has 2 unspecified atom stereocenters. The largest absolute Gasteiger partial charge is 0.384 e. The number of hydrogen-bond donors (Lipinski definition) is 1. The maximum absolute atomic E-state index is 10.4. The van der Waals surface area contributed by atoms with Crippen molar-refractivity contribution in [3.63, 3.8) is 0 Å². The zero-order chi connectivity index (χ0) is 10.9. The van der Waals surface area contributed by atoms with E-state index in [0.717, 1.165) is 4.88 Å². The van der Waals surface area contributed by atoms with E-state index in [-0.39, 0.29) is 5.92 Å². The average molecular weight is 212 g/mol. The van der Waals surface area contributed by atoms with Crippen LogP contribution >= 0.6 is 11.3 Å². The van der Waals surface area contributed by atoms with E-state index in [1.807, 2.05) is 13.0 Å². The lowest BCUT2D eigenvalue weighted by Gasteiger charge is -2.32. The van der Waals surface area contributed by atoms with Gasteiger partial charge in [-0.1, -0.05) is 20.8 Å². The van der Waals surface area contributed by atoms with Crippen molar-refractivity contribution >= 4 is 11.3 Å². The molecule has 0 fully saturated rings. The summed E-state index contributed by atoms with van der Waals surface area (Å²) < 4.78 is 0. The molecule has 1 aromatic heterocycles. The molecule has 0 spiro atoms. The van der Waals surface area contributed by atoms with Crippen LogP contribution in [0, 0.1) is 18.8 Å². The molecule has 2 heteroatoms. The Kier molecular flexibility index (Phi) is 3.38. The highest BCUT2D eigenvalue weighted by molar-refractivity contribution is 7.12. The summed E-state index contributed by atoms with van der Waals surface area (Å²) in [6, 6.07) is 4.11. The fourth-order valence-electron chi connectivity index (χ4n) is 1.58. The van der Waals surface area contributed by atoms with Gasteiger partial charge in [-0.2, -0.15) is 0 Å². The third kappa shape index (κ3) is 2.18. The zero-order valence-corrected chi connectivity index (χ0v) is 10.5. The Hall–Kier alpha value is -0.340. The normalized spacial score (nSPS) is 18.2. The molecule has 0 aromatic carbocycles. The molecule has 1 aromatic rings. The van der Waals surface area contributed by atoms with Crippen LogP contribution in [-0.4, -0.2) is 5.11 Å². The molecule has 1 N–H and O–H groups in total. The van der Waals surface area contributed by atoms with Crippen LogP contribution in [0.5, 0.6) is 0 Å². The van der Waals surface area contributed by atoms with Crippen LogP contribution in [0.15, 0.2) is 12.1 Å². The highest BCUT2D eigenvalue weighted by Gasteiger charge is 2.33. The van der Waals surface area contributed by atoms with Gasteiger partial charge in [-0.3, -0.25) is 0 Å². The van der Waals surface area contributed by atoms with Crippen molar-refractivity contribution in [1.29, 1.82) is 0 Å². The summed E-state index contributed by atoms with van der Waals surface area (Å²) in [7, 11) is 0. The Morgan fingerprint density at radius 1 is 1.29 bits per heavy atom. The highest BCUT2D eigenvalue weighted by Crippen LogP contribution is 2.37. The van der Waals surface area contributed by atoms with Crippen molar-refractivity contribution in [2.24, 2.45) is 11.8 Å². The van der Waals surface area contributed by atoms with Gasteiger partial charge < -0.3 is 5.11 Å². The summed E-state index contributed by atoms with van der Waals surface area (Å²) in [6.45, 7) is 10.4. The Labute approximate surface area is 90.8 Å². The number of thiophene rings is 1. The molecule has 0 amide bonds. The summed E-state index contributed by atoms with van der Waals surface area (Å²) in [6.07, 6.45) is 0. The van der Waals surface area contributed by atoms with Gasteiger partial charge in [0, 0.05) is 9.75 Å². The predicted molar refractivity (Wildman–Crippen MR) is 62.6 cm³/mol. The predicted octanol–water partition coefficient (Wildman–Crippen LogP) is 3.56. The molecule has 0 saturated heterocycles. The van der Waals surface area contributed by atoms with Gasteiger partial charge in [-0.15, -0.1) is 11.3 Å². The van der Waals surface area contributed by atoms with Gasteiger partial charge in [-0.25, -0.2) is 0 Å². The molecule has 14 heavy (non-hydrogen) atoms. The molecule has 1 nitrogen and oxygen atoms in total. The van der Waals surface area contributed by atoms with Gasteiger partial charge in [-0.05, 0) is 37.8 Å². The van der Waals surface area contributed by atoms with Gasteiger partial charge in [0.1, 0.15) is 0 Å². The molecular weight excluding hydrogens is 192 g/mol. The Morgan fingerprint density at radius 2 is 1.86 bits per heavy atom. The first kappa shape index (κ1) is 11.7. The smallest absolute Gasteiger partial charge is 0.0987 e. The third-order valence-electron chi connectivity index (χ3n) is 3.13. The van der Waals surface area contributed by atoms with E-state index in [4.69, 9.17) is 0 Å². The van der Waals surface area contributed by atoms with Crippen molar-refractivity contribution in [1.82, 2.24) is 0 Å². The topological polar surface area (TPSA) is 20.2 Å². The number of rotatable bonds is 3. The maximum atomic E-state index is 10.4. The van der Waals surface area contributed by atoms with E-state index in [1.165, 1.54) is 4.88 Å². The van der Waals surface area contributed by atoms with Crippen LogP contribution < -0.4 is 0 Å². The number of aryl methyl sites for hydroxylation is 1. The van der Waals surface area contributed by atoms with E-state index in [1.54, 1.807) is 11.3 Å². The summed E-state index contributed by atoms with van der Waals surface area (Å²) in [4.78, 5) is 2.34. The molecule has 0 saturated carbocycles. The van der Waals surface area contributed by atoms with Crippen LogP contribution in [0.25, 0.3) is 0 Å². The molecule has 0 bridgehead atoms. The molecule has 0 radical (unpaired) electrons. The van der Waals surface area contributed by atoms with E-state index in [0.29, 0.717) is 5.92 Å². The zero-order valence-electron chi connectivity index (χ0n) is 9.66. The minimum absolute atomic E-state index is 0.278. The Bertz CT molecular complexity index is 299. The van der Waals surface area contributed by atoms with Crippen LogP contribution in [-0.2, 0) is 5.60 Å². The first-order valence-electron chi connectivity index (χ1n) is 5.15. The number of hydrogen-bond acceptors (Lipinski definition) is 2. The van der Waals surface area contributed by atoms with Gasteiger partial charge in [0.05, 0.1) is 5.60 Å². The quantitative estimate of drug-likeness (QED) is 0.812. The third-order valence-corrected chi connectivity index (χ3v) is 4.35. The fourth-order valence-corrected chi connectivity index (χ4v) is 2.59. The molecule has 1 heterocycles. The second kappa shape index (κ2) is 4.03. The average Bonchev–Trinajstić information content (AvgIpc) is 2.50. The van der Waals surface area contributed by atoms with Crippen molar-refractivity contribution in [2.75, 3.05) is 0 Å². The Balaban J connectivity index is 2.95. The van der Waals surface area contributed by atoms with Gasteiger partial charge >= 0.3 is 0 Å². The van der Waals surface area contributed by atoms with Gasteiger partial charge in [0.2, 0.25) is 0 Å². The molecular formula is C12H20OS. The van der Waals surface area contributed by atoms with Crippen molar-refractivity contribution in [3.05, 3.63) is 21.9 Å². The molecule has 1 rings (SSSR count). The first-order valence-corrected chi connectivity index (χ1v) is 5.96. The lowest BCUT2D eigenvalue weighted by atomic mass is 9.81. The number of aliphatic hydroxyl groups is 1. The molecule has 0 aliphatic carbocycles. The van der Waals surface area contributed by atoms with Gasteiger partial charge in [0.15, 0.2) is 0 Å². The van der Waals surface area contributed by atoms with Crippen molar-refractivity contribution in [3.8, 4) is 0 Å². The van der Waals surface area contributed by atoms with Crippen LogP contribution in [0.4, 0.5) is 0 Å². The standard InChI is InChI=1S/C12H20OS/c1-8(2)10(4)12(5,13)11-7-6-9(3)14-11/h6-8,10,13H,1-5H3. The minimum atomic E-state index is -0.687. The van der Waals surface area contributed by atoms with Crippen LogP contribution in [0.1, 0.15) is 37.4 Å². The molecule has 0 aliphatic rings. The lowest BCUT2D eigenvalue weighted by Crippen LogP contribution is -2.32. The van der Waals surface area contributed by atoms with E-state index in [9.17, 15) is 5.11 Å². The molecule has 80 valence electrons. The summed E-state index contributed by atoms with van der Waals surface area (Å²) in [5.74, 6) is 0.771. The second-order valence-electron chi connectivity index (χ2n) is 4.59. The minimum Gasteiger partial charge on any atom is -0.384 e. The highest BCUT2D eigenvalue weighted by atomic mass is 32.1. The van der Waals surface area contributed by atoms with Crippen LogP contribution in [0.3, 0.4) is 0 Å². The monoisotopic (exact) mass is 212 g/mol. The summed E-state index contributed by atoms with van der Waals surface area (Å²) in [5, 5.41) is 10.4. The molecule has 2 atom stereocenters. The van der Waals surface area contributed by atoms with Crippen LogP contribution in [0.2, 0.25) is 0 Å². The van der Waals surface area contributed by atoms with Crippen molar-refractivity contribution in [2.45, 2.75) is 40.2 Å². The van der Waals surface area contributed by atoms with E-state index >= 15 is 0 Å². The maximum Gasteiger partial charge on any atom is 0.0987 e. The molecule has 0 aliphatic heterocycles. The van der Waals surface area contributed by atoms with E-state index < -0.39 is 5.60 Å². The second-order valence-corrected chi connectivity index (χ2v) is 5.88. The SMILES string of the molecule is Cc1ccc(C(C)(O)C(C)C(C)C)s1. The van der Waals surface area contributed by atoms with Gasteiger partial charge in [0.25, 0.3) is 0 Å².